The van der Waals surface area contributed by atoms with Crippen molar-refractivity contribution in [2.24, 2.45) is 34.5 Å². The van der Waals surface area contributed by atoms with E-state index in [-0.39, 0.29) is 42.6 Å². The number of halogens is 2. The number of ketones is 2. The second kappa shape index (κ2) is 14.9. The zero-order valence-corrected chi connectivity index (χ0v) is 31.2. The van der Waals surface area contributed by atoms with Crippen LogP contribution in [0.5, 0.6) is 0 Å². The minimum Gasteiger partial charge on any atom is -0.390 e. The Balaban J connectivity index is 1.16. The highest BCUT2D eigenvalue weighted by Gasteiger charge is 2.73. The van der Waals surface area contributed by atoms with Crippen molar-refractivity contribution in [3.63, 3.8) is 0 Å². The highest BCUT2D eigenvalue weighted by atomic mass is 19.1. The van der Waals surface area contributed by atoms with E-state index < -0.39 is 83.1 Å². The SMILES string of the molecule is CC(C)C(=O)N[C@@H](C)C(=O)Nc1cccc(Cc2ccc([C@@H](O)O[C@@H]3C[C@H]4[C@@H]5C[C@H](F)C6=CC(=O)C=C[C@]6(C)[C@@]5(F)[C@@H](O)C[C@]4(C)[C@H]3C(=O)CO)cc2)c1. The summed E-state index contributed by atoms with van der Waals surface area (Å²) in [7, 11) is 0. The molecule has 12 heteroatoms. The summed E-state index contributed by atoms with van der Waals surface area (Å²) < 4.78 is 39.6. The first-order chi connectivity index (χ1) is 25.4. The van der Waals surface area contributed by atoms with Crippen molar-refractivity contribution in [3.05, 3.63) is 89.0 Å². The molecule has 290 valence electrons. The maximum atomic E-state index is 17.6. The van der Waals surface area contributed by atoms with Crippen molar-refractivity contribution in [2.45, 2.75) is 96.7 Å². The minimum atomic E-state index is -2.34. The van der Waals surface area contributed by atoms with Gasteiger partial charge in [0.1, 0.15) is 18.8 Å². The molecule has 0 aliphatic heterocycles. The number of aliphatic hydroxyl groups excluding tert-OH is 3. The molecule has 0 aromatic heterocycles. The van der Waals surface area contributed by atoms with Crippen LogP contribution in [0.4, 0.5) is 14.5 Å². The second-order valence-electron chi connectivity index (χ2n) is 16.3. The summed E-state index contributed by atoms with van der Waals surface area (Å²) in [4.78, 5) is 50.2. The Bertz CT molecular complexity index is 1860. The van der Waals surface area contributed by atoms with Gasteiger partial charge in [-0.3, -0.25) is 19.2 Å². The van der Waals surface area contributed by atoms with Crippen LogP contribution in [0.15, 0.2) is 72.3 Å². The highest BCUT2D eigenvalue weighted by molar-refractivity contribution is 6.01. The number of ether oxygens (including phenoxy) is 1. The molecule has 0 unspecified atom stereocenters. The van der Waals surface area contributed by atoms with E-state index in [2.05, 4.69) is 10.6 Å². The van der Waals surface area contributed by atoms with Crippen molar-refractivity contribution >= 4 is 29.1 Å². The first-order valence-corrected chi connectivity index (χ1v) is 18.6. The van der Waals surface area contributed by atoms with Crippen molar-refractivity contribution in [2.75, 3.05) is 11.9 Å². The van der Waals surface area contributed by atoms with Gasteiger partial charge in [-0.1, -0.05) is 63.2 Å². The van der Waals surface area contributed by atoms with Crippen LogP contribution < -0.4 is 10.6 Å². The molecule has 11 atom stereocenters. The molecular formula is C42H50F2N2O8. The molecule has 0 spiro atoms. The number of hydrogen-bond donors (Lipinski definition) is 5. The normalized spacial score (nSPS) is 33.9. The van der Waals surface area contributed by atoms with E-state index in [1.54, 1.807) is 45.9 Å². The van der Waals surface area contributed by atoms with Crippen LogP contribution in [-0.2, 0) is 30.3 Å². The van der Waals surface area contributed by atoms with Gasteiger partial charge in [0.2, 0.25) is 11.8 Å². The Labute approximate surface area is 314 Å². The summed E-state index contributed by atoms with van der Waals surface area (Å²) in [6.45, 7) is 7.55. The van der Waals surface area contributed by atoms with Crippen molar-refractivity contribution in [3.8, 4) is 0 Å². The molecule has 0 bridgehead atoms. The van der Waals surface area contributed by atoms with Gasteiger partial charge in [-0.25, -0.2) is 8.78 Å². The predicted octanol–water partition coefficient (Wildman–Crippen LogP) is 4.86. The predicted molar refractivity (Wildman–Crippen MR) is 196 cm³/mol. The third-order valence-electron chi connectivity index (χ3n) is 12.6. The second-order valence-corrected chi connectivity index (χ2v) is 16.3. The Kier molecular flexibility index (Phi) is 10.9. The van der Waals surface area contributed by atoms with Gasteiger partial charge in [-0.05, 0) is 91.8 Å². The fourth-order valence-corrected chi connectivity index (χ4v) is 9.74. The van der Waals surface area contributed by atoms with E-state index in [0.717, 1.165) is 17.2 Å². The van der Waals surface area contributed by atoms with Gasteiger partial charge >= 0.3 is 0 Å². The largest absolute Gasteiger partial charge is 0.390 e. The molecule has 0 saturated heterocycles. The number of anilines is 1. The monoisotopic (exact) mass is 748 g/mol. The first kappa shape index (κ1) is 39.6. The van der Waals surface area contributed by atoms with Crippen molar-refractivity contribution in [1.29, 1.82) is 0 Å². The van der Waals surface area contributed by atoms with Crippen LogP contribution >= 0.6 is 0 Å². The zero-order valence-electron chi connectivity index (χ0n) is 31.2. The lowest BCUT2D eigenvalue weighted by atomic mass is 9.45. The summed E-state index contributed by atoms with van der Waals surface area (Å²) in [6, 6.07) is 13.6. The molecule has 2 aromatic carbocycles. The lowest BCUT2D eigenvalue weighted by Crippen LogP contribution is -2.68. The number of aliphatic hydroxyl groups is 3. The van der Waals surface area contributed by atoms with Crippen LogP contribution in [0, 0.1) is 34.5 Å². The van der Waals surface area contributed by atoms with E-state index in [0.29, 0.717) is 17.7 Å². The van der Waals surface area contributed by atoms with Gasteiger partial charge in [-0.15, -0.1) is 0 Å². The molecule has 6 rings (SSSR count). The average molecular weight is 749 g/mol. The number of benzene rings is 2. The summed E-state index contributed by atoms with van der Waals surface area (Å²) >= 11 is 0. The van der Waals surface area contributed by atoms with Gasteiger partial charge in [-0.2, -0.15) is 0 Å². The number of carbonyl (C=O) groups excluding carboxylic acids is 4. The summed E-state index contributed by atoms with van der Waals surface area (Å²) in [5.41, 5.74) is -2.23. The molecule has 3 fully saturated rings. The number of hydrogen-bond acceptors (Lipinski definition) is 8. The summed E-state index contributed by atoms with van der Waals surface area (Å²) in [5, 5.41) is 38.4. The van der Waals surface area contributed by atoms with Crippen molar-refractivity contribution < 1.29 is 48.0 Å². The van der Waals surface area contributed by atoms with E-state index in [1.807, 2.05) is 30.3 Å². The summed E-state index contributed by atoms with van der Waals surface area (Å²) in [6.07, 6.45) is -1.88. The lowest BCUT2D eigenvalue weighted by molar-refractivity contribution is -0.203. The van der Waals surface area contributed by atoms with Crippen LogP contribution in [0.2, 0.25) is 0 Å². The molecule has 0 radical (unpaired) electrons. The van der Waals surface area contributed by atoms with E-state index in [1.165, 1.54) is 19.1 Å². The fourth-order valence-electron chi connectivity index (χ4n) is 9.74. The first-order valence-electron chi connectivity index (χ1n) is 18.6. The Hall–Kier alpha value is -4.10. The maximum absolute atomic E-state index is 17.6. The van der Waals surface area contributed by atoms with E-state index in [4.69, 9.17) is 4.74 Å². The Morgan fingerprint density at radius 3 is 2.37 bits per heavy atom. The van der Waals surface area contributed by atoms with Crippen LogP contribution in [0.1, 0.15) is 76.9 Å². The molecule has 4 aliphatic carbocycles. The number of Topliss-reactive ketones (excluding diaryl/α,β-unsaturated/α-hetero) is 1. The zero-order chi connectivity index (χ0) is 39.3. The maximum Gasteiger partial charge on any atom is 0.246 e. The highest BCUT2D eigenvalue weighted by Crippen LogP contribution is 2.69. The van der Waals surface area contributed by atoms with E-state index >= 15 is 8.78 Å². The van der Waals surface area contributed by atoms with Crippen LogP contribution in [0.25, 0.3) is 0 Å². The minimum absolute atomic E-state index is 0.00182. The third kappa shape index (κ3) is 6.86. The number of nitrogens with one attached hydrogen (secondary N) is 2. The smallest absolute Gasteiger partial charge is 0.246 e. The summed E-state index contributed by atoms with van der Waals surface area (Å²) in [5.74, 6) is -4.51. The lowest BCUT2D eigenvalue weighted by Gasteiger charge is -2.62. The number of carbonyl (C=O) groups is 4. The number of amides is 2. The molecule has 54 heavy (non-hydrogen) atoms. The quantitative estimate of drug-likeness (QED) is 0.204. The topological polar surface area (TPSA) is 162 Å². The van der Waals surface area contributed by atoms with Gasteiger partial charge in [0.15, 0.2) is 23.5 Å². The molecule has 2 amide bonds. The van der Waals surface area contributed by atoms with Gasteiger partial charge in [0.05, 0.1) is 18.1 Å². The molecule has 5 N–H and O–H groups in total. The number of fused-ring (bicyclic) bond motifs is 5. The molecule has 2 aromatic rings. The Morgan fingerprint density at radius 1 is 1.00 bits per heavy atom. The number of alkyl halides is 2. The van der Waals surface area contributed by atoms with Crippen molar-refractivity contribution in [1.82, 2.24) is 5.32 Å². The standard InChI is InChI=1S/C42H50F2N2O8/c1-22(2)37(51)45-23(3)38(52)46-27-8-6-7-25(16-27)15-24-9-11-26(12-10-24)39(53)54-34-19-29-30-18-32(43)31-17-28(48)13-14-41(31,5)42(30,44)35(50)20-40(29,4)36(34)33(49)21-47/h6-14,16-17,22-23,29-30,32,34-36,39,47,50,53H,15,18-21H2,1-5H3,(H,45,51)(H,46,52)/t23-,29-,30-,32-,34+,35-,36-,39-,40-,41-,42-/m0/s1. The van der Waals surface area contributed by atoms with Gasteiger partial charge < -0.3 is 30.7 Å². The molecule has 3 saturated carbocycles. The molecule has 10 nitrogen and oxygen atoms in total. The van der Waals surface area contributed by atoms with Gasteiger partial charge in [0.25, 0.3) is 0 Å². The molecule has 0 heterocycles. The molecule has 4 aliphatic rings. The number of allylic oxidation sites excluding steroid dienone is 4. The third-order valence-corrected chi connectivity index (χ3v) is 12.6. The molecular weight excluding hydrogens is 698 g/mol. The van der Waals surface area contributed by atoms with E-state index in [9.17, 15) is 34.5 Å². The average Bonchev–Trinajstić information content (AvgIpc) is 3.41. The van der Waals surface area contributed by atoms with Crippen LogP contribution in [0.3, 0.4) is 0 Å². The fraction of sp³-hybridized carbons (Fsp3) is 0.524. The Morgan fingerprint density at radius 2 is 1.70 bits per heavy atom. The van der Waals surface area contributed by atoms with Crippen LogP contribution in [-0.4, -0.2) is 75.4 Å². The number of rotatable bonds is 11. The van der Waals surface area contributed by atoms with Gasteiger partial charge in [0, 0.05) is 28.5 Å².